The number of hydrogen-bond donors (Lipinski definition) is 1. The van der Waals surface area contributed by atoms with Crippen LogP contribution in [0.25, 0.3) is 110 Å². The van der Waals surface area contributed by atoms with Crippen molar-refractivity contribution in [2.24, 2.45) is 0 Å². The van der Waals surface area contributed by atoms with E-state index in [1.54, 1.807) is 0 Å². The predicted octanol–water partition coefficient (Wildman–Crippen LogP) is 13.4. The quantitative estimate of drug-likeness (QED) is 0.179. The van der Waals surface area contributed by atoms with Crippen molar-refractivity contribution < 1.29 is 13.6 Å². The minimum Gasteiger partial charge on any atom is -0.458 e. The number of furan rings is 2. The number of para-hydroxylation sites is 5. The van der Waals surface area contributed by atoms with Gasteiger partial charge < -0.3 is 28.0 Å². The first-order chi connectivity index (χ1) is 33.2. The van der Waals surface area contributed by atoms with Gasteiger partial charge in [0, 0.05) is 83.7 Å². The standard InChI is InChI=1S/C59H33BN4O3/c1-5-16-47-37(10-1)38-11-2-6-17-48(38)63(47)34-20-22-43-45(30-34)62-46-28-33(36-14-9-15-42-57-53(67-59(36)42)25-24-52-56(57)41-13-4-8-19-51(41)65-52)29-55-58(46)60(43)44-23-21-35(31-54(44)66-55)64-49-18-7-3-12-39(49)40-26-27-61-32-50(40)64/h1-32,62H. The van der Waals surface area contributed by atoms with Crippen LogP contribution in [0.2, 0.25) is 0 Å². The number of nitrogens with zero attached hydrogens (tertiary/aromatic N) is 3. The molecule has 9 aromatic carbocycles. The van der Waals surface area contributed by atoms with Crippen LogP contribution in [0.5, 0.6) is 11.5 Å². The summed E-state index contributed by atoms with van der Waals surface area (Å²) >= 11 is 0. The smallest absolute Gasteiger partial charge is 0.256 e. The van der Waals surface area contributed by atoms with Gasteiger partial charge in [-0.3, -0.25) is 4.98 Å². The fraction of sp³-hybridized carbons (Fsp3) is 0. The Kier molecular flexibility index (Phi) is 6.77. The first-order valence-corrected chi connectivity index (χ1v) is 22.7. The molecular formula is C59H33BN4O3. The Morgan fingerprint density at radius 1 is 0.448 bits per heavy atom. The summed E-state index contributed by atoms with van der Waals surface area (Å²) < 4.78 is 25.1. The van der Waals surface area contributed by atoms with Gasteiger partial charge in [-0.2, -0.15) is 0 Å². The number of rotatable bonds is 3. The molecule has 0 atom stereocenters. The number of hydrogen-bond acceptors (Lipinski definition) is 5. The second-order valence-electron chi connectivity index (χ2n) is 17.9. The van der Waals surface area contributed by atoms with Gasteiger partial charge in [0.15, 0.2) is 0 Å². The number of nitrogens with one attached hydrogen (secondary N) is 1. The van der Waals surface area contributed by atoms with Crippen molar-refractivity contribution in [1.29, 1.82) is 0 Å². The molecule has 0 saturated carbocycles. The van der Waals surface area contributed by atoms with Crippen LogP contribution in [0.3, 0.4) is 0 Å². The number of anilines is 2. The molecule has 5 aromatic heterocycles. The van der Waals surface area contributed by atoms with E-state index in [4.69, 9.17) is 13.6 Å². The van der Waals surface area contributed by atoms with Gasteiger partial charge in [-0.1, -0.05) is 103 Å². The monoisotopic (exact) mass is 856 g/mol. The highest BCUT2D eigenvalue weighted by atomic mass is 16.5. The first kappa shape index (κ1) is 35.4. The summed E-state index contributed by atoms with van der Waals surface area (Å²) in [5, 5.41) is 13.0. The Morgan fingerprint density at radius 3 is 1.85 bits per heavy atom. The molecule has 16 rings (SSSR count). The predicted molar refractivity (Wildman–Crippen MR) is 274 cm³/mol. The molecule has 0 saturated heterocycles. The molecule has 0 spiro atoms. The zero-order chi connectivity index (χ0) is 43.5. The van der Waals surface area contributed by atoms with Gasteiger partial charge in [-0.25, -0.2) is 0 Å². The van der Waals surface area contributed by atoms with Gasteiger partial charge in [0.05, 0.1) is 28.3 Å². The van der Waals surface area contributed by atoms with Crippen LogP contribution in [0.4, 0.5) is 11.4 Å². The third kappa shape index (κ3) is 4.73. The topological polar surface area (TPSA) is 70.3 Å². The van der Waals surface area contributed by atoms with E-state index >= 15 is 0 Å². The summed E-state index contributed by atoms with van der Waals surface area (Å²) in [5.74, 6) is 1.63. The van der Waals surface area contributed by atoms with Gasteiger partial charge in [-0.15, -0.1) is 0 Å². The second-order valence-corrected chi connectivity index (χ2v) is 17.9. The SMILES string of the molecule is c1ccc2c(c1)oc1ccc3oc4c(-c5cc6c7c(c5)Oc5cc(-n8c9ccccc9c9ccncc98)ccc5B7c5ccc(-n7c8ccccc8c8ccccc87)cc5N6)cccc4c3c12. The van der Waals surface area contributed by atoms with Gasteiger partial charge >= 0.3 is 0 Å². The molecular weight excluding hydrogens is 823 g/mol. The molecule has 14 aromatic rings. The summed E-state index contributed by atoms with van der Waals surface area (Å²) in [5.41, 5.74) is 17.4. The van der Waals surface area contributed by atoms with Crippen molar-refractivity contribution in [2.45, 2.75) is 0 Å². The molecule has 0 amide bonds. The van der Waals surface area contributed by atoms with Crippen LogP contribution in [-0.4, -0.2) is 20.8 Å². The molecule has 0 unspecified atom stereocenters. The molecule has 0 aliphatic carbocycles. The summed E-state index contributed by atoms with van der Waals surface area (Å²) in [6, 6.07) is 64.8. The minimum atomic E-state index is -0.0928. The number of benzene rings is 9. The Balaban J connectivity index is 0.927. The van der Waals surface area contributed by atoms with Crippen molar-refractivity contribution in [3.05, 3.63) is 194 Å². The summed E-state index contributed by atoms with van der Waals surface area (Å²) in [6.07, 6.45) is 3.83. The van der Waals surface area contributed by atoms with Crippen molar-refractivity contribution in [1.82, 2.24) is 14.1 Å². The van der Waals surface area contributed by atoms with Gasteiger partial charge in [0.1, 0.15) is 33.8 Å². The third-order valence-electron chi connectivity index (χ3n) is 14.5. The van der Waals surface area contributed by atoms with Crippen molar-refractivity contribution >= 4 is 122 Å². The fourth-order valence-corrected chi connectivity index (χ4v) is 11.7. The van der Waals surface area contributed by atoms with E-state index in [0.717, 1.165) is 117 Å². The van der Waals surface area contributed by atoms with Crippen LogP contribution < -0.4 is 26.4 Å². The molecule has 67 heavy (non-hydrogen) atoms. The third-order valence-corrected chi connectivity index (χ3v) is 14.5. The molecule has 310 valence electrons. The second kappa shape index (κ2) is 12.8. The Hall–Kier alpha value is -9.01. The maximum atomic E-state index is 7.19. The lowest BCUT2D eigenvalue weighted by Gasteiger charge is -2.35. The molecule has 0 fully saturated rings. The highest BCUT2D eigenvalue weighted by molar-refractivity contribution is 6.99. The Labute approximate surface area is 381 Å². The summed E-state index contributed by atoms with van der Waals surface area (Å²) in [7, 11) is 0. The van der Waals surface area contributed by atoms with Gasteiger partial charge in [0.2, 0.25) is 0 Å². The van der Waals surface area contributed by atoms with E-state index in [1.165, 1.54) is 32.7 Å². The average Bonchev–Trinajstić information content (AvgIpc) is 4.13. The number of pyridine rings is 1. The van der Waals surface area contributed by atoms with Crippen LogP contribution in [0.15, 0.2) is 203 Å². The van der Waals surface area contributed by atoms with Gasteiger partial charge in [-0.05, 0) is 94.7 Å². The lowest BCUT2D eigenvalue weighted by Crippen LogP contribution is -2.58. The van der Waals surface area contributed by atoms with Crippen LogP contribution in [-0.2, 0) is 0 Å². The van der Waals surface area contributed by atoms with E-state index in [-0.39, 0.29) is 6.71 Å². The van der Waals surface area contributed by atoms with E-state index in [2.05, 4.69) is 177 Å². The molecule has 2 aliphatic heterocycles. The first-order valence-electron chi connectivity index (χ1n) is 22.7. The molecule has 0 radical (unpaired) electrons. The fourth-order valence-electron chi connectivity index (χ4n) is 11.7. The van der Waals surface area contributed by atoms with E-state index in [9.17, 15) is 0 Å². The van der Waals surface area contributed by atoms with Crippen molar-refractivity contribution in [3.63, 3.8) is 0 Å². The number of fused-ring (bicyclic) bond motifs is 17. The van der Waals surface area contributed by atoms with Crippen molar-refractivity contribution in [2.75, 3.05) is 5.32 Å². The number of ether oxygens (including phenoxy) is 1. The summed E-state index contributed by atoms with van der Waals surface area (Å²) in [6.45, 7) is -0.0928. The molecule has 7 heterocycles. The van der Waals surface area contributed by atoms with E-state index in [0.29, 0.717) is 0 Å². The molecule has 8 heteroatoms. The minimum absolute atomic E-state index is 0.0928. The van der Waals surface area contributed by atoms with E-state index in [1.807, 2.05) is 36.7 Å². The normalized spacial score (nSPS) is 13.0. The average molecular weight is 857 g/mol. The summed E-state index contributed by atoms with van der Waals surface area (Å²) in [4.78, 5) is 4.56. The largest absolute Gasteiger partial charge is 0.458 e. The maximum Gasteiger partial charge on any atom is 0.256 e. The van der Waals surface area contributed by atoms with Crippen molar-refractivity contribution in [3.8, 4) is 34.0 Å². The maximum absolute atomic E-state index is 7.19. The molecule has 0 bridgehead atoms. The van der Waals surface area contributed by atoms with Gasteiger partial charge in [0.25, 0.3) is 6.71 Å². The zero-order valence-electron chi connectivity index (χ0n) is 35.6. The highest BCUT2D eigenvalue weighted by Crippen LogP contribution is 2.45. The van der Waals surface area contributed by atoms with E-state index < -0.39 is 0 Å². The van der Waals surface area contributed by atoms with Crippen LogP contribution in [0, 0.1) is 0 Å². The zero-order valence-corrected chi connectivity index (χ0v) is 35.6. The van der Waals surface area contributed by atoms with Crippen LogP contribution >= 0.6 is 0 Å². The van der Waals surface area contributed by atoms with Crippen LogP contribution in [0.1, 0.15) is 0 Å². The molecule has 1 N–H and O–H groups in total. The Morgan fingerprint density at radius 2 is 1.07 bits per heavy atom. The number of aromatic nitrogens is 3. The lowest BCUT2D eigenvalue weighted by molar-refractivity contribution is 0.487. The molecule has 2 aliphatic rings. The highest BCUT2D eigenvalue weighted by Gasteiger charge is 2.40. The molecule has 7 nitrogen and oxygen atoms in total. The lowest BCUT2D eigenvalue weighted by atomic mass is 9.34. The Bertz CT molecular complexity index is 4200.